The normalized spacial score (nSPS) is 27.4. The molecule has 0 saturated carbocycles. The molecular weight excluding hydrogens is 306 g/mol. The lowest BCUT2D eigenvalue weighted by atomic mass is 9.81. The molecule has 0 aliphatic carbocycles. The van der Waals surface area contributed by atoms with E-state index in [0.29, 0.717) is 19.6 Å². The van der Waals surface area contributed by atoms with Crippen LogP contribution >= 0.6 is 0 Å². The molecule has 6 heteroatoms. The third-order valence-corrected chi connectivity index (χ3v) is 5.30. The highest BCUT2D eigenvalue weighted by Crippen LogP contribution is 2.43. The molecule has 6 nitrogen and oxygen atoms in total. The second-order valence-electron chi connectivity index (χ2n) is 6.97. The lowest BCUT2D eigenvalue weighted by Crippen LogP contribution is -2.40. The summed E-state index contributed by atoms with van der Waals surface area (Å²) in [4.78, 5) is 16.5. The summed E-state index contributed by atoms with van der Waals surface area (Å²) in [6.45, 7) is 4.28. The second-order valence-corrected chi connectivity index (χ2v) is 6.97. The summed E-state index contributed by atoms with van der Waals surface area (Å²) >= 11 is 0. The molecule has 0 amide bonds. The first-order valence-corrected chi connectivity index (χ1v) is 8.27. The Hall–Kier alpha value is -2.18. The van der Waals surface area contributed by atoms with Gasteiger partial charge in [-0.25, -0.2) is 0 Å². The number of aromatic nitrogens is 1. The molecule has 1 aromatic carbocycles. The third-order valence-electron chi connectivity index (χ3n) is 5.30. The predicted octanol–water partition coefficient (Wildman–Crippen LogP) is 1.69. The van der Waals surface area contributed by atoms with E-state index in [-0.39, 0.29) is 5.92 Å². The zero-order chi connectivity index (χ0) is 16.6. The van der Waals surface area contributed by atoms with Crippen LogP contribution in [0.2, 0.25) is 0 Å². The van der Waals surface area contributed by atoms with Crippen LogP contribution < -0.4 is 0 Å². The maximum Gasteiger partial charge on any atom is 0.312 e. The van der Waals surface area contributed by atoms with Crippen molar-refractivity contribution < 1.29 is 14.4 Å². The van der Waals surface area contributed by atoms with Crippen LogP contribution in [0.4, 0.5) is 0 Å². The Morgan fingerprint density at radius 2 is 1.88 bits per heavy atom. The van der Waals surface area contributed by atoms with E-state index in [1.54, 1.807) is 6.26 Å². The number of rotatable bonds is 5. The predicted molar refractivity (Wildman–Crippen MR) is 87.1 cm³/mol. The van der Waals surface area contributed by atoms with Gasteiger partial charge in [-0.15, -0.1) is 0 Å². The average Bonchev–Trinajstić information content (AvgIpc) is 3.24. The highest BCUT2D eigenvalue weighted by Gasteiger charge is 2.57. The number of hydrogen-bond donors (Lipinski definition) is 1. The molecule has 2 fully saturated rings. The van der Waals surface area contributed by atoms with Crippen LogP contribution in [0.1, 0.15) is 11.3 Å². The summed E-state index contributed by atoms with van der Waals surface area (Å²) < 4.78 is 4.87. The molecule has 0 spiro atoms. The summed E-state index contributed by atoms with van der Waals surface area (Å²) in [5.74, 6) is -0.517. The van der Waals surface area contributed by atoms with Crippen LogP contribution in [0.5, 0.6) is 0 Å². The Labute approximate surface area is 140 Å². The highest BCUT2D eigenvalue weighted by atomic mass is 16.5. The smallest absolute Gasteiger partial charge is 0.312 e. The number of benzene rings is 1. The first-order valence-electron chi connectivity index (χ1n) is 8.27. The van der Waals surface area contributed by atoms with Gasteiger partial charge in [0.2, 0.25) is 0 Å². The number of fused-ring (bicyclic) bond motifs is 1. The fraction of sp³-hybridized carbons (Fsp3) is 0.444. The molecule has 2 aliphatic heterocycles. The average molecular weight is 327 g/mol. The molecule has 2 atom stereocenters. The number of nitrogens with zero attached hydrogens (tertiary/aromatic N) is 3. The van der Waals surface area contributed by atoms with E-state index in [1.165, 1.54) is 5.56 Å². The minimum Gasteiger partial charge on any atom is -0.481 e. The van der Waals surface area contributed by atoms with Gasteiger partial charge >= 0.3 is 5.97 Å². The molecule has 2 saturated heterocycles. The van der Waals surface area contributed by atoms with Gasteiger partial charge in [0, 0.05) is 51.3 Å². The maximum atomic E-state index is 12.1. The molecule has 0 unspecified atom stereocenters. The van der Waals surface area contributed by atoms with E-state index < -0.39 is 11.4 Å². The zero-order valence-electron chi connectivity index (χ0n) is 13.5. The molecule has 0 radical (unpaired) electrons. The van der Waals surface area contributed by atoms with Crippen molar-refractivity contribution in [2.45, 2.75) is 13.1 Å². The van der Waals surface area contributed by atoms with Gasteiger partial charge in [0.25, 0.3) is 0 Å². The molecule has 126 valence electrons. The van der Waals surface area contributed by atoms with Gasteiger partial charge in [0.05, 0.1) is 11.1 Å². The van der Waals surface area contributed by atoms with Gasteiger partial charge in [-0.2, -0.15) is 0 Å². The second kappa shape index (κ2) is 6.03. The van der Waals surface area contributed by atoms with Gasteiger partial charge < -0.3 is 9.63 Å². The fourth-order valence-electron chi connectivity index (χ4n) is 4.21. The summed E-state index contributed by atoms with van der Waals surface area (Å²) in [5, 5.41) is 13.9. The van der Waals surface area contributed by atoms with E-state index in [4.69, 9.17) is 4.52 Å². The van der Waals surface area contributed by atoms with Gasteiger partial charge in [-0.05, 0) is 5.56 Å². The number of aliphatic carboxylic acids is 1. The first-order chi connectivity index (χ1) is 11.7. The largest absolute Gasteiger partial charge is 0.481 e. The number of hydrogen-bond acceptors (Lipinski definition) is 5. The number of carbonyl (C=O) groups is 1. The molecular formula is C18H21N3O3. The van der Waals surface area contributed by atoms with Crippen LogP contribution in [0, 0.1) is 11.3 Å². The Morgan fingerprint density at radius 1 is 1.17 bits per heavy atom. The van der Waals surface area contributed by atoms with E-state index in [2.05, 4.69) is 27.1 Å². The summed E-state index contributed by atoms with van der Waals surface area (Å²) in [5.41, 5.74) is 1.42. The standard InChI is InChI=1S/C18H21N3O3/c22-17(23)18-12-20(8-14-4-2-1-3-5-14)9-15(18)10-21(13-18)11-16-6-7-24-19-16/h1-7,15H,8-13H2,(H,22,23)/t15-,18-/m0/s1. The van der Waals surface area contributed by atoms with E-state index >= 15 is 0 Å². The quantitative estimate of drug-likeness (QED) is 0.901. The molecule has 0 bridgehead atoms. The monoisotopic (exact) mass is 327 g/mol. The van der Waals surface area contributed by atoms with Crippen molar-refractivity contribution in [3.63, 3.8) is 0 Å². The Balaban J connectivity index is 1.46. The topological polar surface area (TPSA) is 69.8 Å². The molecule has 24 heavy (non-hydrogen) atoms. The molecule has 1 N–H and O–H groups in total. The van der Waals surface area contributed by atoms with Gasteiger partial charge in [-0.1, -0.05) is 35.5 Å². The third kappa shape index (κ3) is 2.72. The molecule has 2 aromatic rings. The Bertz CT molecular complexity index is 704. The van der Waals surface area contributed by atoms with E-state index in [1.807, 2.05) is 24.3 Å². The van der Waals surface area contributed by atoms with Crippen LogP contribution in [-0.2, 0) is 17.9 Å². The SMILES string of the molecule is O=C(O)[C@]12CN(Cc3ccccc3)C[C@H]1CN(Cc1ccon1)C2. The minimum atomic E-state index is -0.675. The molecule has 4 rings (SSSR count). The van der Waals surface area contributed by atoms with Crippen molar-refractivity contribution in [3.8, 4) is 0 Å². The van der Waals surface area contributed by atoms with Crippen molar-refractivity contribution in [3.05, 3.63) is 53.9 Å². The number of carboxylic acids is 1. The van der Waals surface area contributed by atoms with Gasteiger partial charge in [0.1, 0.15) is 6.26 Å². The lowest BCUT2D eigenvalue weighted by molar-refractivity contribution is -0.149. The zero-order valence-corrected chi connectivity index (χ0v) is 13.5. The van der Waals surface area contributed by atoms with Crippen molar-refractivity contribution in [1.29, 1.82) is 0 Å². The Morgan fingerprint density at radius 3 is 2.46 bits per heavy atom. The highest BCUT2D eigenvalue weighted by molar-refractivity contribution is 5.77. The van der Waals surface area contributed by atoms with Crippen LogP contribution in [0.3, 0.4) is 0 Å². The molecule has 1 aromatic heterocycles. The van der Waals surface area contributed by atoms with E-state index in [0.717, 1.165) is 25.3 Å². The van der Waals surface area contributed by atoms with E-state index in [9.17, 15) is 9.90 Å². The number of carboxylic acid groups (broad SMARTS) is 1. The maximum absolute atomic E-state index is 12.1. The van der Waals surface area contributed by atoms with Crippen molar-refractivity contribution in [2.24, 2.45) is 11.3 Å². The summed E-state index contributed by atoms with van der Waals surface area (Å²) in [7, 11) is 0. The van der Waals surface area contributed by atoms with Crippen LogP contribution in [-0.4, -0.2) is 52.2 Å². The van der Waals surface area contributed by atoms with Crippen molar-refractivity contribution >= 4 is 5.97 Å². The summed E-state index contributed by atoms with van der Waals surface area (Å²) in [6.07, 6.45) is 1.56. The first kappa shape index (κ1) is 15.4. The molecule has 2 aliphatic rings. The van der Waals surface area contributed by atoms with Crippen molar-refractivity contribution in [1.82, 2.24) is 15.0 Å². The van der Waals surface area contributed by atoms with Gasteiger partial charge in [0.15, 0.2) is 0 Å². The minimum absolute atomic E-state index is 0.158. The molecule has 3 heterocycles. The van der Waals surface area contributed by atoms with Gasteiger partial charge in [-0.3, -0.25) is 14.6 Å². The lowest BCUT2D eigenvalue weighted by Gasteiger charge is -2.25. The Kier molecular flexibility index (Phi) is 3.86. The van der Waals surface area contributed by atoms with Crippen molar-refractivity contribution in [2.75, 3.05) is 26.2 Å². The number of likely N-dealkylation sites (tertiary alicyclic amines) is 2. The van der Waals surface area contributed by atoms with Crippen LogP contribution in [0.15, 0.2) is 47.2 Å². The van der Waals surface area contributed by atoms with Crippen LogP contribution in [0.25, 0.3) is 0 Å². The fourth-order valence-corrected chi connectivity index (χ4v) is 4.21. The summed E-state index contributed by atoms with van der Waals surface area (Å²) in [6, 6.07) is 12.1.